The molecule has 0 radical (unpaired) electrons. The number of allylic oxidation sites excluding steroid dienone is 1. The Morgan fingerprint density at radius 1 is 1.09 bits per heavy atom. The van der Waals surface area contributed by atoms with E-state index in [1.54, 1.807) is 16.8 Å². The maximum Gasteiger partial charge on any atom is 0.226 e. The van der Waals surface area contributed by atoms with Crippen LogP contribution in [0, 0.1) is 9.39 Å². The van der Waals surface area contributed by atoms with E-state index >= 15 is 0 Å². The number of nitrogens with zero attached hydrogens (tertiary/aromatic N) is 3. The molecule has 2 aromatic carbocycles. The third kappa shape index (κ3) is 2.63. The molecule has 1 aromatic heterocycles. The Labute approximate surface area is 146 Å². The first-order valence-electron chi connectivity index (χ1n) is 7.11. The van der Waals surface area contributed by atoms with E-state index in [0.717, 1.165) is 14.8 Å². The lowest BCUT2D eigenvalue weighted by Crippen LogP contribution is -2.21. The zero-order valence-corrected chi connectivity index (χ0v) is 14.1. The molecule has 0 spiro atoms. The second-order valence-corrected chi connectivity index (χ2v) is 6.45. The molecule has 0 saturated carbocycles. The first-order valence-corrected chi connectivity index (χ1v) is 8.19. The van der Waals surface area contributed by atoms with Crippen LogP contribution in [0.25, 0.3) is 5.70 Å². The van der Waals surface area contributed by atoms with Crippen molar-refractivity contribution in [2.45, 2.75) is 6.04 Å². The van der Waals surface area contributed by atoms with Crippen molar-refractivity contribution in [1.29, 1.82) is 0 Å². The van der Waals surface area contributed by atoms with E-state index in [4.69, 9.17) is 0 Å². The molecule has 0 aliphatic carbocycles. The highest BCUT2D eigenvalue weighted by Gasteiger charge is 2.25. The Morgan fingerprint density at radius 2 is 1.87 bits per heavy atom. The molecule has 1 N–H and O–H groups in total. The number of fused-ring (bicyclic) bond motifs is 1. The van der Waals surface area contributed by atoms with E-state index < -0.39 is 0 Å². The predicted octanol–water partition coefficient (Wildman–Crippen LogP) is 4.08. The van der Waals surface area contributed by atoms with Gasteiger partial charge in [0.2, 0.25) is 5.95 Å². The van der Waals surface area contributed by atoms with Gasteiger partial charge in [0, 0.05) is 14.8 Å². The van der Waals surface area contributed by atoms with Gasteiger partial charge in [0.1, 0.15) is 18.2 Å². The normalized spacial score (nSPS) is 16.4. The molecule has 0 bridgehead atoms. The number of aromatic nitrogens is 3. The molecule has 4 nitrogen and oxygen atoms in total. The first kappa shape index (κ1) is 14.4. The SMILES string of the molecule is Fc1ccccc1[C@@H]1C=C(c2ccc(I)cc2)Nc2ncnn21. The van der Waals surface area contributed by atoms with Crippen LogP contribution in [0.3, 0.4) is 0 Å². The molecule has 0 fully saturated rings. The molecule has 1 atom stereocenters. The van der Waals surface area contributed by atoms with E-state index in [9.17, 15) is 4.39 Å². The molecule has 4 rings (SSSR count). The van der Waals surface area contributed by atoms with Crippen molar-refractivity contribution in [3.63, 3.8) is 0 Å². The van der Waals surface area contributed by atoms with Gasteiger partial charge in [-0.25, -0.2) is 9.07 Å². The van der Waals surface area contributed by atoms with Crippen molar-refractivity contribution in [2.75, 3.05) is 5.32 Å². The van der Waals surface area contributed by atoms with Gasteiger partial charge < -0.3 is 5.32 Å². The predicted molar refractivity (Wildman–Crippen MR) is 95.3 cm³/mol. The topological polar surface area (TPSA) is 42.7 Å². The number of benzene rings is 2. The summed E-state index contributed by atoms with van der Waals surface area (Å²) < 4.78 is 17.1. The van der Waals surface area contributed by atoms with Crippen LogP contribution in [0.2, 0.25) is 0 Å². The maximum absolute atomic E-state index is 14.2. The third-order valence-corrected chi connectivity index (χ3v) is 4.51. The largest absolute Gasteiger partial charge is 0.324 e. The highest BCUT2D eigenvalue weighted by molar-refractivity contribution is 14.1. The lowest BCUT2D eigenvalue weighted by molar-refractivity contribution is 0.551. The van der Waals surface area contributed by atoms with Gasteiger partial charge in [-0.15, -0.1) is 0 Å². The van der Waals surface area contributed by atoms with Gasteiger partial charge in [0.25, 0.3) is 0 Å². The highest BCUT2D eigenvalue weighted by Crippen LogP contribution is 2.32. The second kappa shape index (κ2) is 5.77. The molecule has 6 heteroatoms. The number of anilines is 1. The van der Waals surface area contributed by atoms with Crippen molar-refractivity contribution in [2.24, 2.45) is 0 Å². The Hall–Kier alpha value is -2.22. The summed E-state index contributed by atoms with van der Waals surface area (Å²) in [5.74, 6) is 0.355. The third-order valence-electron chi connectivity index (χ3n) is 3.79. The van der Waals surface area contributed by atoms with Crippen LogP contribution in [-0.2, 0) is 0 Å². The summed E-state index contributed by atoms with van der Waals surface area (Å²) in [7, 11) is 0. The van der Waals surface area contributed by atoms with E-state index in [1.165, 1.54) is 12.4 Å². The van der Waals surface area contributed by atoms with E-state index in [1.807, 2.05) is 36.4 Å². The Balaban J connectivity index is 1.83. The molecule has 114 valence electrons. The quantitative estimate of drug-likeness (QED) is 0.638. The van der Waals surface area contributed by atoms with Crippen molar-refractivity contribution < 1.29 is 4.39 Å². The minimum absolute atomic E-state index is 0.251. The number of rotatable bonds is 2. The standard InChI is InChI=1S/C17H12FIN4/c18-14-4-2-1-3-13(14)16-9-15(11-5-7-12(19)8-6-11)22-17-20-10-21-23(16)17/h1-10,16H,(H,20,21,22)/t16-/m0/s1. The molecule has 0 unspecified atom stereocenters. The van der Waals surface area contributed by atoms with E-state index in [-0.39, 0.29) is 11.9 Å². The zero-order valence-electron chi connectivity index (χ0n) is 11.9. The highest BCUT2D eigenvalue weighted by atomic mass is 127. The Kier molecular flexibility index (Phi) is 3.60. The van der Waals surface area contributed by atoms with E-state index in [0.29, 0.717) is 11.5 Å². The smallest absolute Gasteiger partial charge is 0.226 e. The van der Waals surface area contributed by atoms with Gasteiger partial charge in [-0.2, -0.15) is 10.1 Å². The van der Waals surface area contributed by atoms with Gasteiger partial charge in [-0.05, 0) is 52.4 Å². The number of hydrogen-bond acceptors (Lipinski definition) is 3. The zero-order chi connectivity index (χ0) is 15.8. The lowest BCUT2D eigenvalue weighted by Gasteiger charge is -2.24. The average Bonchev–Trinajstić information content (AvgIpc) is 3.04. The van der Waals surface area contributed by atoms with Gasteiger partial charge in [-0.3, -0.25) is 0 Å². The molecule has 2 heterocycles. The van der Waals surface area contributed by atoms with Crippen LogP contribution in [0.5, 0.6) is 0 Å². The summed E-state index contributed by atoms with van der Waals surface area (Å²) in [5.41, 5.74) is 2.50. The van der Waals surface area contributed by atoms with Crippen LogP contribution in [0.4, 0.5) is 10.3 Å². The fourth-order valence-electron chi connectivity index (χ4n) is 2.67. The van der Waals surface area contributed by atoms with Crippen LogP contribution >= 0.6 is 22.6 Å². The van der Waals surface area contributed by atoms with Crippen molar-refractivity contribution in [3.8, 4) is 0 Å². The molecule has 3 aromatic rings. The van der Waals surface area contributed by atoms with Crippen LogP contribution in [-0.4, -0.2) is 14.8 Å². The van der Waals surface area contributed by atoms with Crippen LogP contribution in [0.1, 0.15) is 17.2 Å². The average molecular weight is 418 g/mol. The van der Waals surface area contributed by atoms with Gasteiger partial charge in [0.05, 0.1) is 0 Å². The fraction of sp³-hybridized carbons (Fsp3) is 0.0588. The molecule has 1 aliphatic rings. The summed E-state index contributed by atoms with van der Waals surface area (Å²) in [6.45, 7) is 0. The molecular weight excluding hydrogens is 406 g/mol. The van der Waals surface area contributed by atoms with Crippen molar-refractivity contribution >= 4 is 34.2 Å². The minimum Gasteiger partial charge on any atom is -0.324 e. The van der Waals surface area contributed by atoms with Gasteiger partial charge in [-0.1, -0.05) is 30.3 Å². The molecule has 1 aliphatic heterocycles. The summed E-state index contributed by atoms with van der Waals surface area (Å²) in [5, 5.41) is 7.49. The molecule has 0 saturated heterocycles. The number of nitrogens with one attached hydrogen (secondary N) is 1. The Bertz CT molecular complexity index is 886. The van der Waals surface area contributed by atoms with Crippen LogP contribution in [0.15, 0.2) is 60.9 Å². The Morgan fingerprint density at radius 3 is 2.65 bits per heavy atom. The van der Waals surface area contributed by atoms with Gasteiger partial charge in [0.15, 0.2) is 0 Å². The van der Waals surface area contributed by atoms with Gasteiger partial charge >= 0.3 is 0 Å². The molecular formula is C17H12FIN4. The number of hydrogen-bond donors (Lipinski definition) is 1. The van der Waals surface area contributed by atoms with Crippen LogP contribution < -0.4 is 5.32 Å². The van der Waals surface area contributed by atoms with Crippen molar-refractivity contribution in [1.82, 2.24) is 14.8 Å². The monoisotopic (exact) mass is 418 g/mol. The fourth-order valence-corrected chi connectivity index (χ4v) is 3.03. The molecule has 23 heavy (non-hydrogen) atoms. The summed E-state index contributed by atoms with van der Waals surface area (Å²) >= 11 is 2.27. The first-order chi connectivity index (χ1) is 11.2. The van der Waals surface area contributed by atoms with Crippen molar-refractivity contribution in [3.05, 3.63) is 81.4 Å². The second-order valence-electron chi connectivity index (χ2n) is 5.21. The summed E-state index contributed by atoms with van der Waals surface area (Å²) in [6.07, 6.45) is 3.45. The van der Waals surface area contributed by atoms with E-state index in [2.05, 4.69) is 38.0 Å². The summed E-state index contributed by atoms with van der Waals surface area (Å²) in [6, 6.07) is 14.6. The number of halogens is 2. The minimum atomic E-state index is -0.329. The lowest BCUT2D eigenvalue weighted by atomic mass is 10.0. The summed E-state index contributed by atoms with van der Waals surface area (Å²) in [4.78, 5) is 4.23. The molecule has 0 amide bonds. The maximum atomic E-state index is 14.2.